The molecule has 0 N–H and O–H groups in total. The number of ether oxygens (including phenoxy) is 1. The summed E-state index contributed by atoms with van der Waals surface area (Å²) < 4.78 is 5.35. The third-order valence-corrected chi connectivity index (χ3v) is 2.92. The summed E-state index contributed by atoms with van der Waals surface area (Å²) >= 11 is 0. The molecule has 1 aliphatic rings. The van der Waals surface area contributed by atoms with Crippen LogP contribution in [0, 0.1) is 18.3 Å². The van der Waals surface area contributed by atoms with Gasteiger partial charge in [-0.3, -0.25) is 0 Å². The lowest BCUT2D eigenvalue weighted by Crippen LogP contribution is -2.33. The third-order valence-electron chi connectivity index (χ3n) is 2.92. The number of aryl methyl sites for hydroxylation is 1. The van der Waals surface area contributed by atoms with Crippen LogP contribution in [0.3, 0.4) is 0 Å². The van der Waals surface area contributed by atoms with Crippen LogP contribution in [0.1, 0.15) is 17.7 Å². The van der Waals surface area contributed by atoms with E-state index in [1.165, 1.54) is 0 Å². The Morgan fingerprint density at radius 2 is 2.38 bits per heavy atom. The lowest BCUT2D eigenvalue weighted by molar-refractivity contribution is 0.193. The van der Waals surface area contributed by atoms with Crippen LogP contribution in [0.2, 0.25) is 0 Å². The molecular formula is C12H15N3O. The van der Waals surface area contributed by atoms with Gasteiger partial charge in [-0.2, -0.15) is 5.26 Å². The zero-order chi connectivity index (χ0) is 11.5. The van der Waals surface area contributed by atoms with Crippen molar-refractivity contribution in [2.24, 2.45) is 0 Å². The Morgan fingerprint density at radius 1 is 1.56 bits per heavy atom. The molecule has 1 aromatic heterocycles. The largest absolute Gasteiger partial charge is 0.379 e. The van der Waals surface area contributed by atoms with Gasteiger partial charge in [0.15, 0.2) is 0 Å². The molecule has 0 bridgehead atoms. The number of likely N-dealkylation sites (N-methyl/N-ethyl adjacent to an activating group) is 1. The summed E-state index contributed by atoms with van der Waals surface area (Å²) in [5.41, 5.74) is 1.56. The van der Waals surface area contributed by atoms with Gasteiger partial charge in [0.25, 0.3) is 0 Å². The van der Waals surface area contributed by atoms with E-state index in [2.05, 4.69) is 16.0 Å². The average molecular weight is 217 g/mol. The molecule has 1 saturated heterocycles. The van der Waals surface area contributed by atoms with Crippen molar-refractivity contribution in [3.8, 4) is 6.07 Å². The molecule has 2 rings (SSSR count). The van der Waals surface area contributed by atoms with E-state index in [4.69, 9.17) is 10.00 Å². The van der Waals surface area contributed by atoms with Gasteiger partial charge < -0.3 is 9.64 Å². The maximum Gasteiger partial charge on any atom is 0.146 e. The molecule has 0 amide bonds. The average Bonchev–Trinajstić information content (AvgIpc) is 2.81. The zero-order valence-electron chi connectivity index (χ0n) is 9.60. The molecule has 1 fully saturated rings. The number of nitriles is 1. The van der Waals surface area contributed by atoms with E-state index in [0.717, 1.165) is 31.1 Å². The van der Waals surface area contributed by atoms with Crippen LogP contribution in [0.5, 0.6) is 0 Å². The van der Waals surface area contributed by atoms with Gasteiger partial charge in [0.2, 0.25) is 0 Å². The predicted octanol–water partition coefficient (Wildman–Crippen LogP) is 1.49. The van der Waals surface area contributed by atoms with Gasteiger partial charge in [0.05, 0.1) is 18.2 Å². The van der Waals surface area contributed by atoms with Gasteiger partial charge in [-0.1, -0.05) is 0 Å². The number of pyridine rings is 1. The minimum Gasteiger partial charge on any atom is -0.379 e. The van der Waals surface area contributed by atoms with Gasteiger partial charge in [0.1, 0.15) is 11.9 Å². The second-order valence-electron chi connectivity index (χ2n) is 4.06. The summed E-state index contributed by atoms with van der Waals surface area (Å²) in [5.74, 6) is 0.762. The van der Waals surface area contributed by atoms with Crippen LogP contribution in [0.25, 0.3) is 0 Å². The smallest absolute Gasteiger partial charge is 0.146 e. The van der Waals surface area contributed by atoms with Crippen LogP contribution in [0.4, 0.5) is 5.82 Å². The molecule has 4 heteroatoms. The van der Waals surface area contributed by atoms with Gasteiger partial charge in [-0.15, -0.1) is 0 Å². The minimum atomic E-state index is 0.335. The lowest BCUT2D eigenvalue weighted by atomic mass is 10.2. The quantitative estimate of drug-likeness (QED) is 0.753. The highest BCUT2D eigenvalue weighted by atomic mass is 16.5. The number of anilines is 1. The van der Waals surface area contributed by atoms with Crippen LogP contribution in [0.15, 0.2) is 12.1 Å². The highest BCUT2D eigenvalue weighted by Gasteiger charge is 2.23. The Balaban J connectivity index is 2.31. The fourth-order valence-electron chi connectivity index (χ4n) is 1.90. The molecular weight excluding hydrogens is 202 g/mol. The van der Waals surface area contributed by atoms with Crippen molar-refractivity contribution >= 4 is 5.82 Å². The monoisotopic (exact) mass is 217 g/mol. The molecule has 2 heterocycles. The van der Waals surface area contributed by atoms with Crippen LogP contribution >= 0.6 is 0 Å². The molecule has 0 spiro atoms. The zero-order valence-corrected chi connectivity index (χ0v) is 9.60. The topological polar surface area (TPSA) is 49.2 Å². The van der Waals surface area contributed by atoms with E-state index in [9.17, 15) is 0 Å². The van der Waals surface area contributed by atoms with Crippen molar-refractivity contribution in [1.29, 1.82) is 5.26 Å². The summed E-state index contributed by atoms with van der Waals surface area (Å²) in [6.45, 7) is 3.45. The molecule has 16 heavy (non-hydrogen) atoms. The van der Waals surface area contributed by atoms with E-state index >= 15 is 0 Å². The van der Waals surface area contributed by atoms with Crippen LogP contribution < -0.4 is 4.90 Å². The predicted molar refractivity (Wildman–Crippen MR) is 61.3 cm³/mol. The van der Waals surface area contributed by atoms with Gasteiger partial charge in [-0.05, 0) is 25.5 Å². The van der Waals surface area contributed by atoms with Crippen molar-refractivity contribution < 1.29 is 4.74 Å². The number of rotatable bonds is 2. The Bertz CT molecular complexity index is 419. The second kappa shape index (κ2) is 4.50. The van der Waals surface area contributed by atoms with Gasteiger partial charge in [0, 0.05) is 19.3 Å². The van der Waals surface area contributed by atoms with E-state index in [1.54, 1.807) is 0 Å². The molecule has 1 unspecified atom stereocenters. The fourth-order valence-corrected chi connectivity index (χ4v) is 1.90. The minimum absolute atomic E-state index is 0.335. The second-order valence-corrected chi connectivity index (χ2v) is 4.06. The Labute approximate surface area is 95.5 Å². The Hall–Kier alpha value is -1.60. The summed E-state index contributed by atoms with van der Waals surface area (Å²) in [4.78, 5) is 6.49. The first kappa shape index (κ1) is 10.9. The summed E-state index contributed by atoms with van der Waals surface area (Å²) in [5, 5.41) is 9.05. The van der Waals surface area contributed by atoms with Gasteiger partial charge in [-0.25, -0.2) is 4.98 Å². The first-order valence-corrected chi connectivity index (χ1v) is 5.40. The SMILES string of the molecule is Cc1ccc(C#N)c(N(C)C2CCOC2)n1. The summed E-state index contributed by atoms with van der Waals surface area (Å²) in [6, 6.07) is 6.20. The highest BCUT2D eigenvalue weighted by molar-refractivity contribution is 5.54. The Kier molecular flexibility index (Phi) is 3.07. The molecule has 84 valence electrons. The number of hydrogen-bond donors (Lipinski definition) is 0. The standard InChI is InChI=1S/C12H15N3O/c1-9-3-4-10(7-13)12(14-9)15(2)11-5-6-16-8-11/h3-4,11H,5-6,8H2,1-2H3. The number of hydrogen-bond acceptors (Lipinski definition) is 4. The van der Waals surface area contributed by atoms with E-state index < -0.39 is 0 Å². The molecule has 1 aliphatic heterocycles. The Morgan fingerprint density at radius 3 is 3.00 bits per heavy atom. The highest BCUT2D eigenvalue weighted by Crippen LogP contribution is 2.22. The van der Waals surface area contributed by atoms with Crippen molar-refractivity contribution in [2.75, 3.05) is 25.2 Å². The summed E-state index contributed by atoms with van der Waals surface area (Å²) in [7, 11) is 1.97. The molecule has 0 saturated carbocycles. The lowest BCUT2D eigenvalue weighted by Gasteiger charge is -2.25. The van der Waals surface area contributed by atoms with Crippen molar-refractivity contribution in [1.82, 2.24) is 4.98 Å². The molecule has 0 aliphatic carbocycles. The maximum absolute atomic E-state index is 9.05. The molecule has 1 aromatic rings. The first-order valence-electron chi connectivity index (χ1n) is 5.40. The third kappa shape index (κ3) is 2.00. The normalized spacial score (nSPS) is 19.4. The van der Waals surface area contributed by atoms with E-state index in [-0.39, 0.29) is 0 Å². The molecule has 4 nitrogen and oxygen atoms in total. The van der Waals surface area contributed by atoms with Crippen LogP contribution in [-0.2, 0) is 4.74 Å². The molecule has 0 radical (unpaired) electrons. The van der Waals surface area contributed by atoms with E-state index in [1.807, 2.05) is 26.1 Å². The van der Waals surface area contributed by atoms with Gasteiger partial charge >= 0.3 is 0 Å². The summed E-state index contributed by atoms with van der Waals surface area (Å²) in [6.07, 6.45) is 0.997. The fraction of sp³-hybridized carbons (Fsp3) is 0.500. The van der Waals surface area contributed by atoms with Crippen molar-refractivity contribution in [3.63, 3.8) is 0 Å². The molecule has 1 atom stereocenters. The van der Waals surface area contributed by atoms with E-state index in [0.29, 0.717) is 11.6 Å². The van der Waals surface area contributed by atoms with Crippen molar-refractivity contribution in [3.05, 3.63) is 23.4 Å². The number of nitrogens with zero attached hydrogens (tertiary/aromatic N) is 3. The first-order chi connectivity index (χ1) is 7.72. The number of aromatic nitrogens is 1. The van der Waals surface area contributed by atoms with Crippen LogP contribution in [-0.4, -0.2) is 31.3 Å². The van der Waals surface area contributed by atoms with Crippen molar-refractivity contribution in [2.45, 2.75) is 19.4 Å². The molecule has 0 aromatic carbocycles. The maximum atomic E-state index is 9.05.